The van der Waals surface area contributed by atoms with Gasteiger partial charge in [0, 0.05) is 0 Å². The van der Waals surface area contributed by atoms with Crippen LogP contribution in [0.15, 0.2) is 35.5 Å². The minimum Gasteiger partial charge on any atom is -0.377 e. The van der Waals surface area contributed by atoms with Crippen LogP contribution in [0.4, 0.5) is 0 Å². The molecule has 0 amide bonds. The monoisotopic (exact) mass is 334 g/mol. The molecule has 8 heteroatoms. The highest BCUT2D eigenvalue weighted by Gasteiger charge is 2.54. The van der Waals surface area contributed by atoms with Crippen LogP contribution < -0.4 is 0 Å². The van der Waals surface area contributed by atoms with Crippen LogP contribution in [0.5, 0.6) is 0 Å². The average molecular weight is 334 g/mol. The Kier molecular flexibility index (Phi) is 3.28. The maximum atomic E-state index is 12.7. The Hall–Kier alpha value is -1.80. The lowest BCUT2D eigenvalue weighted by atomic mass is 9.97. The second kappa shape index (κ2) is 5.10. The van der Waals surface area contributed by atoms with Gasteiger partial charge in [0.25, 0.3) is 5.16 Å². The normalized spacial score (nSPS) is 30.0. The number of nitrogens with zero attached hydrogens (tertiary/aromatic N) is 4. The first-order valence-electron chi connectivity index (χ1n) is 7.66. The fourth-order valence-electron chi connectivity index (χ4n) is 3.38. The van der Waals surface area contributed by atoms with Gasteiger partial charge in [-0.15, -0.1) is 0 Å². The van der Waals surface area contributed by atoms with Crippen molar-refractivity contribution in [1.29, 1.82) is 0 Å². The summed E-state index contributed by atoms with van der Waals surface area (Å²) in [6.45, 7) is 2.86. The van der Waals surface area contributed by atoms with Crippen molar-refractivity contribution in [2.45, 2.75) is 31.0 Å². The van der Waals surface area contributed by atoms with E-state index < -0.39 is 9.84 Å². The first-order chi connectivity index (χ1) is 11.0. The van der Waals surface area contributed by atoms with Gasteiger partial charge in [-0.25, -0.2) is 8.42 Å². The lowest BCUT2D eigenvalue weighted by molar-refractivity contribution is 0.00468. The van der Waals surface area contributed by atoms with Gasteiger partial charge in [-0.2, -0.15) is 4.68 Å². The molecule has 4 rings (SSSR count). The van der Waals surface area contributed by atoms with Gasteiger partial charge in [0.2, 0.25) is 9.84 Å². The quantitative estimate of drug-likeness (QED) is 0.836. The summed E-state index contributed by atoms with van der Waals surface area (Å²) in [4.78, 5) is 0. The summed E-state index contributed by atoms with van der Waals surface area (Å²) in [5, 5.41) is 11.0. The summed E-state index contributed by atoms with van der Waals surface area (Å²) >= 11 is 0. The molecule has 0 N–H and O–H groups in total. The molecule has 1 saturated carbocycles. The van der Waals surface area contributed by atoms with Crippen LogP contribution in [0.2, 0.25) is 0 Å². The Balaban J connectivity index is 1.59. The molecule has 2 heterocycles. The minimum atomic E-state index is -3.63. The molecule has 7 nitrogen and oxygen atoms in total. The molecular weight excluding hydrogens is 316 g/mol. The van der Waals surface area contributed by atoms with Crippen molar-refractivity contribution in [3.05, 3.63) is 30.3 Å². The number of rotatable bonds is 4. The summed E-state index contributed by atoms with van der Waals surface area (Å²) in [5.74, 6) is 0.513. The number of benzene rings is 1. The molecule has 0 spiro atoms. The third kappa shape index (κ3) is 2.66. The molecule has 1 aliphatic heterocycles. The zero-order valence-corrected chi connectivity index (χ0v) is 13.6. The van der Waals surface area contributed by atoms with Crippen molar-refractivity contribution in [1.82, 2.24) is 20.2 Å². The maximum absolute atomic E-state index is 12.7. The highest BCUT2D eigenvalue weighted by molar-refractivity contribution is 7.91. The SMILES string of the molecule is CC12CC1CO[C@H](CS(=O)(=O)c1nnnn1-c1ccccc1)C2. The number of para-hydroxylation sites is 1. The molecule has 23 heavy (non-hydrogen) atoms. The van der Waals surface area contributed by atoms with Crippen LogP contribution in [-0.4, -0.2) is 47.1 Å². The summed E-state index contributed by atoms with van der Waals surface area (Å²) in [5.41, 5.74) is 0.874. The van der Waals surface area contributed by atoms with Gasteiger partial charge >= 0.3 is 0 Å². The van der Waals surface area contributed by atoms with Gasteiger partial charge in [-0.1, -0.05) is 30.2 Å². The molecule has 2 aromatic rings. The maximum Gasteiger partial charge on any atom is 0.272 e. The Labute approximate surface area is 134 Å². The third-order valence-electron chi connectivity index (χ3n) is 4.89. The van der Waals surface area contributed by atoms with Gasteiger partial charge in [0.05, 0.1) is 24.2 Å². The van der Waals surface area contributed by atoms with Crippen molar-refractivity contribution >= 4 is 9.84 Å². The van der Waals surface area contributed by atoms with E-state index in [-0.39, 0.29) is 22.4 Å². The Morgan fingerprint density at radius 1 is 1.30 bits per heavy atom. The molecule has 1 aromatic heterocycles. The van der Waals surface area contributed by atoms with E-state index in [4.69, 9.17) is 4.74 Å². The number of hydrogen-bond acceptors (Lipinski definition) is 6. The zero-order chi connectivity index (χ0) is 16.1. The molecule has 1 saturated heterocycles. The van der Waals surface area contributed by atoms with Crippen LogP contribution in [0.25, 0.3) is 5.69 Å². The van der Waals surface area contributed by atoms with Crippen molar-refractivity contribution in [2.24, 2.45) is 11.3 Å². The van der Waals surface area contributed by atoms with Crippen LogP contribution >= 0.6 is 0 Å². The Bertz CT molecular complexity index is 820. The number of aromatic nitrogens is 4. The molecule has 2 fully saturated rings. The fraction of sp³-hybridized carbons (Fsp3) is 0.533. The number of ether oxygens (including phenoxy) is 1. The van der Waals surface area contributed by atoms with E-state index in [1.165, 1.54) is 4.68 Å². The van der Waals surface area contributed by atoms with E-state index in [2.05, 4.69) is 22.4 Å². The zero-order valence-electron chi connectivity index (χ0n) is 12.8. The van der Waals surface area contributed by atoms with Gasteiger partial charge in [-0.05, 0) is 46.7 Å². The van der Waals surface area contributed by atoms with Crippen molar-refractivity contribution in [3.63, 3.8) is 0 Å². The molecule has 0 radical (unpaired) electrons. The summed E-state index contributed by atoms with van der Waals surface area (Å²) in [6, 6.07) is 9.01. The van der Waals surface area contributed by atoms with Gasteiger partial charge < -0.3 is 4.74 Å². The van der Waals surface area contributed by atoms with E-state index in [0.717, 1.165) is 12.8 Å². The van der Waals surface area contributed by atoms with Gasteiger partial charge in [0.1, 0.15) is 0 Å². The van der Waals surface area contributed by atoms with E-state index in [1.54, 1.807) is 12.1 Å². The Morgan fingerprint density at radius 2 is 2.09 bits per heavy atom. The summed E-state index contributed by atoms with van der Waals surface area (Å²) in [7, 11) is -3.63. The minimum absolute atomic E-state index is 0.0808. The highest BCUT2D eigenvalue weighted by Crippen LogP contribution is 2.58. The second-order valence-electron chi connectivity index (χ2n) is 6.70. The molecule has 2 unspecified atom stereocenters. The predicted octanol–water partition coefficient (Wildman–Crippen LogP) is 1.25. The second-order valence-corrected chi connectivity index (χ2v) is 8.63. The Morgan fingerprint density at radius 3 is 2.83 bits per heavy atom. The molecule has 2 aliphatic rings. The highest BCUT2D eigenvalue weighted by atomic mass is 32.2. The molecule has 1 aliphatic carbocycles. The van der Waals surface area contributed by atoms with Crippen molar-refractivity contribution in [3.8, 4) is 5.69 Å². The number of sulfone groups is 1. The van der Waals surface area contributed by atoms with Crippen molar-refractivity contribution < 1.29 is 13.2 Å². The van der Waals surface area contributed by atoms with Crippen LogP contribution in [0.1, 0.15) is 19.8 Å². The number of tetrazole rings is 1. The number of hydrogen-bond donors (Lipinski definition) is 0. The van der Waals surface area contributed by atoms with E-state index in [0.29, 0.717) is 18.2 Å². The van der Waals surface area contributed by atoms with Crippen molar-refractivity contribution in [2.75, 3.05) is 12.4 Å². The topological polar surface area (TPSA) is 87.0 Å². The van der Waals surface area contributed by atoms with Crippen LogP contribution in [0.3, 0.4) is 0 Å². The van der Waals surface area contributed by atoms with E-state index >= 15 is 0 Å². The van der Waals surface area contributed by atoms with Gasteiger partial charge in [0.15, 0.2) is 0 Å². The first-order valence-corrected chi connectivity index (χ1v) is 9.31. The molecular formula is C15H18N4O3S. The summed E-state index contributed by atoms with van der Waals surface area (Å²) < 4.78 is 32.5. The predicted molar refractivity (Wildman–Crippen MR) is 81.8 cm³/mol. The first kappa shape index (κ1) is 14.8. The molecule has 1 aromatic carbocycles. The molecule has 122 valence electrons. The fourth-order valence-corrected chi connectivity index (χ4v) is 4.79. The average Bonchev–Trinajstić information content (AvgIpc) is 2.96. The molecule has 0 bridgehead atoms. The lowest BCUT2D eigenvalue weighted by Gasteiger charge is -2.26. The number of fused-ring (bicyclic) bond motifs is 1. The summed E-state index contributed by atoms with van der Waals surface area (Å²) in [6.07, 6.45) is 1.62. The largest absolute Gasteiger partial charge is 0.377 e. The van der Waals surface area contributed by atoms with Gasteiger partial charge in [-0.3, -0.25) is 0 Å². The van der Waals surface area contributed by atoms with Crippen LogP contribution in [-0.2, 0) is 14.6 Å². The third-order valence-corrected chi connectivity index (χ3v) is 6.51. The molecule has 3 atom stereocenters. The van der Waals surface area contributed by atoms with E-state index in [1.807, 2.05) is 18.2 Å². The van der Waals surface area contributed by atoms with Crippen LogP contribution in [0, 0.1) is 11.3 Å². The lowest BCUT2D eigenvalue weighted by Crippen LogP contribution is -2.32. The van der Waals surface area contributed by atoms with E-state index in [9.17, 15) is 8.42 Å². The smallest absolute Gasteiger partial charge is 0.272 e. The standard InChI is InChI=1S/C15H18N4O3S/c1-15-7-11(15)9-22-13(8-15)10-23(20,21)14-16-17-18-19(14)12-5-3-2-4-6-12/h2-6,11,13H,7-10H2,1H3/t11?,13-,15?/m0/s1.